The van der Waals surface area contributed by atoms with Crippen LogP contribution in [0.5, 0.6) is 5.75 Å². The van der Waals surface area contributed by atoms with Gasteiger partial charge in [0.25, 0.3) is 0 Å². The van der Waals surface area contributed by atoms with Gasteiger partial charge in [-0.1, -0.05) is 11.6 Å². The van der Waals surface area contributed by atoms with Gasteiger partial charge in [-0.3, -0.25) is 0 Å². The van der Waals surface area contributed by atoms with Crippen LogP contribution in [0.4, 0.5) is 0 Å². The molecule has 1 aromatic heterocycles. The number of hydrogen-bond acceptors (Lipinski definition) is 2. The Morgan fingerprint density at radius 1 is 1.40 bits per heavy atom. The van der Waals surface area contributed by atoms with Crippen molar-refractivity contribution in [1.29, 1.82) is 0 Å². The Morgan fingerprint density at radius 3 is 2.93 bits per heavy atom. The summed E-state index contributed by atoms with van der Waals surface area (Å²) in [7, 11) is 0. The van der Waals surface area contributed by atoms with Crippen LogP contribution in [0.15, 0.2) is 17.5 Å². The summed E-state index contributed by atoms with van der Waals surface area (Å²) in [5.41, 5.74) is 1.23. The molecule has 0 fully saturated rings. The van der Waals surface area contributed by atoms with Crippen LogP contribution in [0.25, 0.3) is 10.1 Å². The van der Waals surface area contributed by atoms with E-state index in [1.807, 2.05) is 12.1 Å². The zero-order chi connectivity index (χ0) is 10.8. The molecule has 1 nitrogen and oxygen atoms in total. The quantitative estimate of drug-likeness (QED) is 0.740. The number of benzene rings is 1. The number of thiophene rings is 1. The molecule has 1 heterocycles. The van der Waals surface area contributed by atoms with E-state index >= 15 is 0 Å². The normalized spacial score (nSPS) is 10.9. The van der Waals surface area contributed by atoms with Gasteiger partial charge in [0.1, 0.15) is 12.4 Å². The minimum absolute atomic E-state index is 0.484. The summed E-state index contributed by atoms with van der Waals surface area (Å²) in [4.78, 5) is 0. The number of alkyl halides is 1. The van der Waals surface area contributed by atoms with Gasteiger partial charge in [-0.15, -0.1) is 22.9 Å². The Morgan fingerprint density at radius 2 is 2.20 bits per heavy atom. The molecule has 0 radical (unpaired) electrons. The fourth-order valence-corrected chi connectivity index (χ4v) is 2.79. The molecule has 15 heavy (non-hydrogen) atoms. The predicted octanol–water partition coefficient (Wildman–Crippen LogP) is 4.48. The van der Waals surface area contributed by atoms with Crippen LogP contribution in [-0.2, 0) is 0 Å². The molecule has 0 aliphatic carbocycles. The Kier molecular flexibility index (Phi) is 3.39. The van der Waals surface area contributed by atoms with Crippen LogP contribution in [0.3, 0.4) is 0 Å². The molecule has 0 unspecified atom stereocenters. The third kappa shape index (κ3) is 2.22. The van der Waals surface area contributed by atoms with E-state index in [9.17, 15) is 0 Å². The maximum Gasteiger partial charge on any atom is 0.121 e. The molecule has 4 heteroatoms. The maximum atomic E-state index is 6.15. The minimum atomic E-state index is 0.484. The zero-order valence-electron chi connectivity index (χ0n) is 8.22. The van der Waals surface area contributed by atoms with Gasteiger partial charge in [-0.25, -0.2) is 0 Å². The van der Waals surface area contributed by atoms with Gasteiger partial charge in [0.15, 0.2) is 0 Å². The highest BCUT2D eigenvalue weighted by Crippen LogP contribution is 2.35. The first-order valence-electron chi connectivity index (χ1n) is 4.58. The van der Waals surface area contributed by atoms with Crippen molar-refractivity contribution in [2.45, 2.75) is 6.92 Å². The van der Waals surface area contributed by atoms with Gasteiger partial charge in [-0.2, -0.15) is 0 Å². The molecule has 2 aromatic rings. The molecule has 0 aliphatic rings. The number of halogens is 2. The first-order valence-corrected chi connectivity index (χ1v) is 6.37. The molecule has 0 amide bonds. The molecule has 0 aliphatic heterocycles. The van der Waals surface area contributed by atoms with Gasteiger partial charge in [0.2, 0.25) is 0 Å². The number of hydrogen-bond donors (Lipinski definition) is 0. The van der Waals surface area contributed by atoms with Crippen LogP contribution in [-0.4, -0.2) is 12.5 Å². The highest BCUT2D eigenvalue weighted by Gasteiger charge is 2.07. The van der Waals surface area contributed by atoms with E-state index in [1.165, 1.54) is 5.56 Å². The average Bonchev–Trinajstić information content (AvgIpc) is 2.58. The molecule has 80 valence electrons. The topological polar surface area (TPSA) is 9.23 Å². The van der Waals surface area contributed by atoms with E-state index in [4.69, 9.17) is 27.9 Å². The van der Waals surface area contributed by atoms with E-state index in [1.54, 1.807) is 11.3 Å². The monoisotopic (exact) mass is 260 g/mol. The second-order valence-corrected chi connectivity index (χ2v) is 4.90. The Labute approximate surface area is 103 Å². The summed E-state index contributed by atoms with van der Waals surface area (Å²) in [6, 6.07) is 3.85. The van der Waals surface area contributed by atoms with Crippen molar-refractivity contribution in [2.24, 2.45) is 0 Å². The van der Waals surface area contributed by atoms with E-state index in [2.05, 4.69) is 12.3 Å². The fourth-order valence-electron chi connectivity index (χ4n) is 1.43. The lowest BCUT2D eigenvalue weighted by Crippen LogP contribution is -1.97. The second-order valence-electron chi connectivity index (χ2n) is 3.24. The lowest BCUT2D eigenvalue weighted by atomic mass is 10.2. The molecular formula is C11H10Cl2OS. The number of rotatable bonds is 3. The zero-order valence-corrected chi connectivity index (χ0v) is 10.5. The highest BCUT2D eigenvalue weighted by molar-refractivity contribution is 7.18. The van der Waals surface area contributed by atoms with Crippen molar-refractivity contribution in [1.82, 2.24) is 0 Å². The summed E-state index contributed by atoms with van der Waals surface area (Å²) in [6.07, 6.45) is 0. The van der Waals surface area contributed by atoms with Gasteiger partial charge >= 0.3 is 0 Å². The SMILES string of the molecule is Cc1csc2c(Cl)cc(OCCCl)cc12. The van der Waals surface area contributed by atoms with Crippen LogP contribution in [0.1, 0.15) is 5.56 Å². The van der Waals surface area contributed by atoms with Crippen molar-refractivity contribution in [3.63, 3.8) is 0 Å². The van der Waals surface area contributed by atoms with Crippen molar-refractivity contribution < 1.29 is 4.74 Å². The van der Waals surface area contributed by atoms with Gasteiger partial charge in [0, 0.05) is 11.5 Å². The summed E-state index contributed by atoms with van der Waals surface area (Å²) in [5.74, 6) is 1.27. The van der Waals surface area contributed by atoms with Crippen LogP contribution < -0.4 is 4.74 Å². The smallest absolute Gasteiger partial charge is 0.121 e. The van der Waals surface area contributed by atoms with E-state index in [-0.39, 0.29) is 0 Å². The van der Waals surface area contributed by atoms with Crippen LogP contribution >= 0.6 is 34.5 Å². The van der Waals surface area contributed by atoms with Crippen molar-refractivity contribution in [3.8, 4) is 5.75 Å². The Bertz CT molecular complexity index is 479. The number of aryl methyl sites for hydroxylation is 1. The lowest BCUT2D eigenvalue weighted by Gasteiger charge is -2.05. The van der Waals surface area contributed by atoms with Gasteiger partial charge < -0.3 is 4.74 Å². The Hall–Kier alpha value is -0.440. The second kappa shape index (κ2) is 4.60. The number of ether oxygens (including phenoxy) is 1. The third-order valence-corrected chi connectivity index (χ3v) is 3.85. The summed E-state index contributed by atoms with van der Waals surface area (Å²) < 4.78 is 6.57. The molecule has 1 aromatic carbocycles. The van der Waals surface area contributed by atoms with Gasteiger partial charge in [-0.05, 0) is 23.9 Å². The predicted molar refractivity (Wildman–Crippen MR) is 67.8 cm³/mol. The first kappa shape index (κ1) is 11.1. The van der Waals surface area contributed by atoms with Crippen molar-refractivity contribution in [2.75, 3.05) is 12.5 Å². The molecule has 0 bridgehead atoms. The van der Waals surface area contributed by atoms with Crippen molar-refractivity contribution >= 4 is 44.6 Å². The molecule has 0 saturated heterocycles. The average molecular weight is 261 g/mol. The van der Waals surface area contributed by atoms with Crippen molar-refractivity contribution in [3.05, 3.63) is 28.1 Å². The standard InChI is InChI=1S/C11H10Cl2OS/c1-7-6-15-11-9(7)4-8(5-10(11)13)14-3-2-12/h4-6H,2-3H2,1H3. The highest BCUT2D eigenvalue weighted by atomic mass is 35.5. The third-order valence-electron chi connectivity index (χ3n) is 2.14. The Balaban J connectivity index is 2.45. The fraction of sp³-hybridized carbons (Fsp3) is 0.273. The minimum Gasteiger partial charge on any atom is -0.492 e. The maximum absolute atomic E-state index is 6.15. The van der Waals surface area contributed by atoms with Crippen LogP contribution in [0, 0.1) is 6.92 Å². The van der Waals surface area contributed by atoms with Gasteiger partial charge in [0.05, 0.1) is 15.6 Å². The molecule has 2 rings (SSSR count). The summed E-state index contributed by atoms with van der Waals surface area (Å²) >= 11 is 13.4. The van der Waals surface area contributed by atoms with E-state index in [0.29, 0.717) is 12.5 Å². The number of fused-ring (bicyclic) bond motifs is 1. The molecule has 0 atom stereocenters. The summed E-state index contributed by atoms with van der Waals surface area (Å²) in [6.45, 7) is 2.58. The van der Waals surface area contributed by atoms with E-state index in [0.717, 1.165) is 20.9 Å². The molecule has 0 spiro atoms. The first-order chi connectivity index (χ1) is 7.22. The lowest BCUT2D eigenvalue weighted by molar-refractivity contribution is 0.343. The molecule has 0 saturated carbocycles. The molecular weight excluding hydrogens is 251 g/mol. The van der Waals surface area contributed by atoms with E-state index < -0.39 is 0 Å². The largest absolute Gasteiger partial charge is 0.492 e. The summed E-state index contributed by atoms with van der Waals surface area (Å²) in [5, 5.41) is 4.01. The molecule has 0 N–H and O–H groups in total. The van der Waals surface area contributed by atoms with Crippen LogP contribution in [0.2, 0.25) is 5.02 Å².